The van der Waals surface area contributed by atoms with Crippen molar-refractivity contribution in [3.8, 4) is 5.75 Å². The van der Waals surface area contributed by atoms with E-state index in [0.29, 0.717) is 6.04 Å². The fraction of sp³-hybridized carbons (Fsp3) is 0.538. The van der Waals surface area contributed by atoms with Crippen LogP contribution in [0.1, 0.15) is 12.5 Å². The standard InChI is InChI=1S/C13H23NOSi/c1-11(14-16(3,4)5)10-12-6-8-13(15-2)9-7-12/h6-9,11,14H,10H2,1-5H3. The highest BCUT2D eigenvalue weighted by atomic mass is 28.3. The third kappa shape index (κ3) is 4.81. The lowest BCUT2D eigenvalue weighted by Crippen LogP contribution is -2.47. The summed E-state index contributed by atoms with van der Waals surface area (Å²) in [6.07, 6.45) is 1.08. The first kappa shape index (κ1) is 13.3. The molecule has 2 nitrogen and oxygen atoms in total. The van der Waals surface area contributed by atoms with Crippen molar-refractivity contribution in [2.45, 2.75) is 39.0 Å². The average Bonchev–Trinajstić information content (AvgIpc) is 2.16. The summed E-state index contributed by atoms with van der Waals surface area (Å²) in [4.78, 5) is 3.70. The Labute approximate surface area is 100 Å². The summed E-state index contributed by atoms with van der Waals surface area (Å²) in [6.45, 7) is 9.25. The Bertz CT molecular complexity index is 316. The lowest BCUT2D eigenvalue weighted by atomic mass is 10.1. The van der Waals surface area contributed by atoms with Crippen molar-refractivity contribution in [3.63, 3.8) is 0 Å². The minimum Gasteiger partial charge on any atom is -0.497 e. The maximum absolute atomic E-state index is 5.15. The van der Waals surface area contributed by atoms with Crippen molar-refractivity contribution in [1.82, 2.24) is 4.98 Å². The first-order valence-corrected chi connectivity index (χ1v) is 9.31. The molecule has 0 fully saturated rings. The third-order valence-electron chi connectivity index (χ3n) is 2.38. The van der Waals surface area contributed by atoms with Crippen molar-refractivity contribution in [2.24, 2.45) is 0 Å². The molecule has 1 N–H and O–H groups in total. The molecule has 0 aliphatic rings. The van der Waals surface area contributed by atoms with E-state index in [4.69, 9.17) is 4.74 Å². The van der Waals surface area contributed by atoms with Gasteiger partial charge in [-0.2, -0.15) is 0 Å². The number of benzene rings is 1. The van der Waals surface area contributed by atoms with Gasteiger partial charge in [0.2, 0.25) is 0 Å². The van der Waals surface area contributed by atoms with Gasteiger partial charge in [0.15, 0.2) is 0 Å². The Kier molecular flexibility index (Phi) is 4.56. The van der Waals surface area contributed by atoms with Crippen LogP contribution in [0.4, 0.5) is 0 Å². The van der Waals surface area contributed by atoms with E-state index in [9.17, 15) is 0 Å². The van der Waals surface area contributed by atoms with Crippen LogP contribution >= 0.6 is 0 Å². The van der Waals surface area contributed by atoms with E-state index in [1.807, 2.05) is 12.1 Å². The van der Waals surface area contributed by atoms with Gasteiger partial charge in [-0.3, -0.25) is 0 Å². The van der Waals surface area contributed by atoms with Gasteiger partial charge in [0.05, 0.1) is 7.11 Å². The van der Waals surface area contributed by atoms with Crippen LogP contribution in [0.3, 0.4) is 0 Å². The first-order chi connectivity index (χ1) is 7.40. The number of hydrogen-bond donors (Lipinski definition) is 1. The molecule has 0 aliphatic heterocycles. The van der Waals surface area contributed by atoms with Gasteiger partial charge in [-0.15, -0.1) is 0 Å². The fourth-order valence-corrected chi connectivity index (χ4v) is 3.49. The molecular weight excluding hydrogens is 214 g/mol. The van der Waals surface area contributed by atoms with Gasteiger partial charge in [-0.25, -0.2) is 0 Å². The lowest BCUT2D eigenvalue weighted by molar-refractivity contribution is 0.414. The van der Waals surface area contributed by atoms with Gasteiger partial charge in [0.1, 0.15) is 14.0 Å². The van der Waals surface area contributed by atoms with Crippen LogP contribution in [-0.2, 0) is 6.42 Å². The highest BCUT2D eigenvalue weighted by Crippen LogP contribution is 2.13. The van der Waals surface area contributed by atoms with Crippen LogP contribution in [-0.4, -0.2) is 21.4 Å². The van der Waals surface area contributed by atoms with E-state index in [1.165, 1.54) is 5.56 Å². The largest absolute Gasteiger partial charge is 0.497 e. The van der Waals surface area contributed by atoms with E-state index in [0.717, 1.165) is 12.2 Å². The molecule has 0 saturated carbocycles. The molecule has 16 heavy (non-hydrogen) atoms. The molecule has 0 radical (unpaired) electrons. The molecule has 0 bridgehead atoms. The third-order valence-corrected chi connectivity index (χ3v) is 3.74. The highest BCUT2D eigenvalue weighted by molar-refractivity contribution is 6.73. The Hall–Kier alpha value is -0.803. The summed E-state index contributed by atoms with van der Waals surface area (Å²) >= 11 is 0. The second kappa shape index (κ2) is 5.50. The van der Waals surface area contributed by atoms with Crippen LogP contribution in [0.25, 0.3) is 0 Å². The van der Waals surface area contributed by atoms with Crippen molar-refractivity contribution in [2.75, 3.05) is 7.11 Å². The topological polar surface area (TPSA) is 21.3 Å². The molecule has 0 aliphatic carbocycles. The SMILES string of the molecule is COc1ccc(CC(C)N[Si](C)(C)C)cc1. The molecule has 3 heteroatoms. The monoisotopic (exact) mass is 237 g/mol. The summed E-state index contributed by atoms with van der Waals surface area (Å²) in [5, 5.41) is 0. The van der Waals surface area contributed by atoms with E-state index in [-0.39, 0.29) is 0 Å². The number of hydrogen-bond acceptors (Lipinski definition) is 2. The van der Waals surface area contributed by atoms with Crippen molar-refractivity contribution >= 4 is 8.24 Å². The Morgan fingerprint density at radius 2 is 1.75 bits per heavy atom. The van der Waals surface area contributed by atoms with Crippen molar-refractivity contribution in [3.05, 3.63) is 29.8 Å². The highest BCUT2D eigenvalue weighted by Gasteiger charge is 2.16. The Balaban J connectivity index is 2.53. The molecule has 1 atom stereocenters. The summed E-state index contributed by atoms with van der Waals surface area (Å²) < 4.78 is 5.15. The van der Waals surface area contributed by atoms with Gasteiger partial charge in [0.25, 0.3) is 0 Å². The summed E-state index contributed by atoms with van der Waals surface area (Å²) in [5.41, 5.74) is 1.36. The Morgan fingerprint density at radius 3 is 2.19 bits per heavy atom. The van der Waals surface area contributed by atoms with Gasteiger partial charge in [-0.05, 0) is 24.1 Å². The van der Waals surface area contributed by atoms with Crippen LogP contribution in [0.2, 0.25) is 19.6 Å². The number of ether oxygens (including phenoxy) is 1. The molecule has 1 unspecified atom stereocenters. The van der Waals surface area contributed by atoms with Gasteiger partial charge < -0.3 is 9.72 Å². The van der Waals surface area contributed by atoms with E-state index >= 15 is 0 Å². The van der Waals surface area contributed by atoms with Crippen molar-refractivity contribution in [1.29, 1.82) is 0 Å². The molecule has 1 rings (SSSR count). The average molecular weight is 237 g/mol. The molecule has 0 aromatic heterocycles. The zero-order valence-corrected chi connectivity index (χ0v) is 12.0. The van der Waals surface area contributed by atoms with E-state index < -0.39 is 8.24 Å². The smallest absolute Gasteiger partial charge is 0.118 e. The van der Waals surface area contributed by atoms with E-state index in [1.54, 1.807) is 7.11 Å². The van der Waals surface area contributed by atoms with Crippen LogP contribution < -0.4 is 9.72 Å². The first-order valence-electron chi connectivity index (χ1n) is 5.81. The zero-order valence-electron chi connectivity index (χ0n) is 11.0. The molecule has 90 valence electrons. The summed E-state index contributed by atoms with van der Waals surface area (Å²) in [6, 6.07) is 8.87. The van der Waals surface area contributed by atoms with Gasteiger partial charge >= 0.3 is 0 Å². The molecule has 1 aromatic rings. The molecule has 0 saturated heterocycles. The molecule has 0 heterocycles. The normalized spacial score (nSPS) is 13.6. The molecule has 0 amide bonds. The van der Waals surface area contributed by atoms with Crippen molar-refractivity contribution < 1.29 is 4.74 Å². The maximum Gasteiger partial charge on any atom is 0.118 e. The van der Waals surface area contributed by atoms with Crippen LogP contribution in [0.15, 0.2) is 24.3 Å². The second-order valence-corrected chi connectivity index (χ2v) is 10.1. The van der Waals surface area contributed by atoms with E-state index in [2.05, 4.69) is 43.7 Å². The zero-order chi connectivity index (χ0) is 12.2. The minimum atomic E-state index is -1.17. The molecule has 1 aromatic carbocycles. The summed E-state index contributed by atoms with van der Waals surface area (Å²) in [5.74, 6) is 0.926. The van der Waals surface area contributed by atoms with Crippen LogP contribution in [0, 0.1) is 0 Å². The number of rotatable bonds is 5. The summed E-state index contributed by atoms with van der Waals surface area (Å²) in [7, 11) is 0.532. The predicted octanol–water partition coefficient (Wildman–Crippen LogP) is 3.05. The Morgan fingerprint density at radius 1 is 1.19 bits per heavy atom. The molecular formula is C13H23NOSi. The lowest BCUT2D eigenvalue weighted by Gasteiger charge is -2.24. The van der Waals surface area contributed by atoms with Crippen LogP contribution in [0.5, 0.6) is 5.75 Å². The molecule has 0 spiro atoms. The number of methoxy groups -OCH3 is 1. The predicted molar refractivity (Wildman–Crippen MR) is 72.6 cm³/mol. The minimum absolute atomic E-state index is 0.542. The second-order valence-electron chi connectivity index (χ2n) is 5.35. The quantitative estimate of drug-likeness (QED) is 0.795. The maximum atomic E-state index is 5.15. The van der Waals surface area contributed by atoms with Gasteiger partial charge in [-0.1, -0.05) is 38.7 Å². The van der Waals surface area contributed by atoms with Gasteiger partial charge in [0, 0.05) is 6.04 Å². The fourth-order valence-electron chi connectivity index (χ4n) is 1.91. The number of nitrogens with one attached hydrogen (secondary N) is 1.